The van der Waals surface area contributed by atoms with Gasteiger partial charge in [0.1, 0.15) is 5.69 Å². The number of rotatable bonds is 5. The van der Waals surface area contributed by atoms with E-state index in [0.717, 1.165) is 0 Å². The summed E-state index contributed by atoms with van der Waals surface area (Å²) in [5.74, 6) is -0.248. The highest BCUT2D eigenvalue weighted by Gasteiger charge is 2.07. The smallest absolute Gasteiger partial charge is 0.270 e. The predicted molar refractivity (Wildman–Crippen MR) is 86.5 cm³/mol. The first-order chi connectivity index (χ1) is 10.1. The van der Waals surface area contributed by atoms with Gasteiger partial charge in [0.25, 0.3) is 5.91 Å². The van der Waals surface area contributed by atoms with Crippen LogP contribution in [0.5, 0.6) is 0 Å². The fourth-order valence-corrected chi connectivity index (χ4v) is 1.96. The van der Waals surface area contributed by atoms with Crippen LogP contribution in [-0.2, 0) is 0 Å². The number of amides is 1. The molecule has 0 bridgehead atoms. The number of nitrogens with one attached hydrogen (secondary N) is 2. The molecule has 0 saturated carbocycles. The van der Waals surface area contributed by atoms with E-state index in [2.05, 4.69) is 22.2 Å². The molecule has 2 N–H and O–H groups in total. The molecule has 1 aromatic carbocycles. The topological polar surface area (TPSA) is 54.0 Å². The average molecular weight is 322 g/mol. The zero-order chi connectivity index (χ0) is 15.2. The molecule has 1 heterocycles. The van der Waals surface area contributed by atoms with Gasteiger partial charge in [0.15, 0.2) is 0 Å². The minimum Gasteiger partial charge on any atom is -0.353 e. The van der Waals surface area contributed by atoms with E-state index < -0.39 is 0 Å². The van der Waals surface area contributed by atoms with E-state index in [-0.39, 0.29) is 5.91 Å². The molecule has 21 heavy (non-hydrogen) atoms. The first-order valence-electron chi connectivity index (χ1n) is 6.18. The lowest BCUT2D eigenvalue weighted by Gasteiger charge is -2.09. The summed E-state index contributed by atoms with van der Waals surface area (Å²) in [6, 6.07) is 8.67. The van der Waals surface area contributed by atoms with E-state index in [4.69, 9.17) is 23.2 Å². The second kappa shape index (κ2) is 7.11. The molecule has 4 nitrogen and oxygen atoms in total. The molecule has 0 saturated heterocycles. The van der Waals surface area contributed by atoms with Crippen molar-refractivity contribution < 1.29 is 4.79 Å². The van der Waals surface area contributed by atoms with E-state index >= 15 is 0 Å². The summed E-state index contributed by atoms with van der Waals surface area (Å²) in [5.41, 5.74) is 1.72. The summed E-state index contributed by atoms with van der Waals surface area (Å²) in [7, 11) is 0. The highest BCUT2D eigenvalue weighted by Crippen LogP contribution is 2.31. The third-order valence-corrected chi connectivity index (χ3v) is 3.45. The van der Waals surface area contributed by atoms with Crippen molar-refractivity contribution in [1.29, 1.82) is 0 Å². The largest absolute Gasteiger partial charge is 0.353 e. The van der Waals surface area contributed by atoms with Crippen molar-refractivity contribution in [2.24, 2.45) is 0 Å². The number of carbonyl (C=O) groups is 1. The SMILES string of the molecule is C=CCNC(=O)c1ccc(Nc2cccc(Cl)c2Cl)cn1. The molecule has 6 heteroatoms. The lowest BCUT2D eigenvalue weighted by atomic mass is 10.3. The molecule has 0 unspecified atom stereocenters. The summed E-state index contributed by atoms with van der Waals surface area (Å²) in [4.78, 5) is 15.8. The lowest BCUT2D eigenvalue weighted by molar-refractivity contribution is 0.0953. The Bertz CT molecular complexity index is 656. The van der Waals surface area contributed by atoms with Gasteiger partial charge < -0.3 is 10.6 Å². The number of hydrogen-bond acceptors (Lipinski definition) is 3. The molecule has 0 spiro atoms. The molecule has 0 aliphatic heterocycles. The van der Waals surface area contributed by atoms with Crippen molar-refractivity contribution in [2.45, 2.75) is 0 Å². The van der Waals surface area contributed by atoms with Crippen LogP contribution in [-0.4, -0.2) is 17.4 Å². The number of hydrogen-bond donors (Lipinski definition) is 2. The zero-order valence-corrected chi connectivity index (χ0v) is 12.6. The number of benzene rings is 1. The van der Waals surface area contributed by atoms with Crippen molar-refractivity contribution in [2.75, 3.05) is 11.9 Å². The second-order valence-electron chi connectivity index (χ2n) is 4.16. The maximum Gasteiger partial charge on any atom is 0.270 e. The van der Waals surface area contributed by atoms with Crippen LogP contribution in [0.1, 0.15) is 10.5 Å². The number of carbonyl (C=O) groups excluding carboxylic acids is 1. The minimum atomic E-state index is -0.248. The zero-order valence-electron chi connectivity index (χ0n) is 11.1. The molecule has 0 aliphatic carbocycles. The van der Waals surface area contributed by atoms with Crippen molar-refractivity contribution in [3.05, 3.63) is 64.9 Å². The number of anilines is 2. The molecule has 1 amide bonds. The Kier molecular flexibility index (Phi) is 5.20. The second-order valence-corrected chi connectivity index (χ2v) is 4.94. The van der Waals surface area contributed by atoms with E-state index in [1.165, 1.54) is 0 Å². The summed E-state index contributed by atoms with van der Waals surface area (Å²) >= 11 is 12.0. The maximum absolute atomic E-state index is 11.7. The number of aromatic nitrogens is 1. The molecule has 1 aromatic heterocycles. The van der Waals surface area contributed by atoms with Gasteiger partial charge in [0.05, 0.1) is 27.6 Å². The normalized spacial score (nSPS) is 10.0. The first kappa shape index (κ1) is 15.4. The standard InChI is InChI=1S/C15H13Cl2N3O/c1-2-8-18-15(21)13-7-6-10(9-19-13)20-12-5-3-4-11(16)14(12)17/h2-7,9,20H,1,8H2,(H,18,21). The van der Waals surface area contributed by atoms with Crippen molar-refractivity contribution in [3.63, 3.8) is 0 Å². The molecule has 0 radical (unpaired) electrons. The molecule has 2 rings (SSSR count). The van der Waals surface area contributed by atoms with Gasteiger partial charge >= 0.3 is 0 Å². The van der Waals surface area contributed by atoms with E-state index in [1.807, 2.05) is 0 Å². The van der Waals surface area contributed by atoms with Crippen LogP contribution in [0.4, 0.5) is 11.4 Å². The van der Waals surface area contributed by atoms with Gasteiger partial charge in [-0.3, -0.25) is 4.79 Å². The van der Waals surface area contributed by atoms with E-state index in [0.29, 0.717) is 33.7 Å². The van der Waals surface area contributed by atoms with Gasteiger partial charge in [-0.25, -0.2) is 4.98 Å². The van der Waals surface area contributed by atoms with Gasteiger partial charge in [-0.15, -0.1) is 6.58 Å². The van der Waals surface area contributed by atoms with Gasteiger partial charge in [0.2, 0.25) is 0 Å². The molecular weight excluding hydrogens is 309 g/mol. The Balaban J connectivity index is 2.10. The van der Waals surface area contributed by atoms with Gasteiger partial charge in [0, 0.05) is 6.54 Å². The van der Waals surface area contributed by atoms with Gasteiger partial charge in [-0.2, -0.15) is 0 Å². The highest BCUT2D eigenvalue weighted by atomic mass is 35.5. The van der Waals surface area contributed by atoms with Crippen molar-refractivity contribution >= 4 is 40.5 Å². The summed E-state index contributed by atoms with van der Waals surface area (Å²) < 4.78 is 0. The number of halogens is 2. The monoisotopic (exact) mass is 321 g/mol. The van der Waals surface area contributed by atoms with Crippen LogP contribution in [0, 0.1) is 0 Å². The third-order valence-electron chi connectivity index (χ3n) is 2.63. The molecule has 0 fully saturated rings. The van der Waals surface area contributed by atoms with Crippen LogP contribution in [0.3, 0.4) is 0 Å². The van der Waals surface area contributed by atoms with Crippen molar-refractivity contribution in [1.82, 2.24) is 10.3 Å². The van der Waals surface area contributed by atoms with Gasteiger partial charge in [-0.1, -0.05) is 35.3 Å². The maximum atomic E-state index is 11.7. The summed E-state index contributed by atoms with van der Waals surface area (Å²) in [6.07, 6.45) is 3.16. The average Bonchev–Trinajstić information content (AvgIpc) is 2.50. The molecule has 0 atom stereocenters. The van der Waals surface area contributed by atoms with Crippen molar-refractivity contribution in [3.8, 4) is 0 Å². The van der Waals surface area contributed by atoms with Gasteiger partial charge in [-0.05, 0) is 24.3 Å². The summed E-state index contributed by atoms with van der Waals surface area (Å²) in [5, 5.41) is 6.66. The molecule has 108 valence electrons. The van der Waals surface area contributed by atoms with Crippen LogP contribution in [0.25, 0.3) is 0 Å². The molecule has 0 aliphatic rings. The Hall–Kier alpha value is -2.04. The number of nitrogens with zero attached hydrogens (tertiary/aromatic N) is 1. The van der Waals surface area contributed by atoms with Crippen LogP contribution in [0.2, 0.25) is 10.0 Å². The summed E-state index contributed by atoms with van der Waals surface area (Å²) in [6.45, 7) is 3.94. The molecular formula is C15H13Cl2N3O. The highest BCUT2D eigenvalue weighted by molar-refractivity contribution is 6.43. The quantitative estimate of drug-likeness (QED) is 0.817. The predicted octanol–water partition coefficient (Wildman–Crippen LogP) is 4.05. The fraction of sp³-hybridized carbons (Fsp3) is 0.0667. The molecule has 2 aromatic rings. The number of pyridine rings is 1. The third kappa shape index (κ3) is 3.97. The van der Waals surface area contributed by atoms with Crippen LogP contribution in [0.15, 0.2) is 49.2 Å². The Labute approximate surface area is 132 Å². The first-order valence-corrected chi connectivity index (χ1v) is 6.93. The lowest BCUT2D eigenvalue weighted by Crippen LogP contribution is -2.24. The fourth-order valence-electron chi connectivity index (χ4n) is 1.61. The van der Waals surface area contributed by atoms with Crippen LogP contribution >= 0.6 is 23.2 Å². The Morgan fingerprint density at radius 3 is 2.76 bits per heavy atom. The minimum absolute atomic E-state index is 0.248. The Morgan fingerprint density at radius 1 is 1.29 bits per heavy atom. The van der Waals surface area contributed by atoms with E-state index in [9.17, 15) is 4.79 Å². The van der Waals surface area contributed by atoms with Crippen LogP contribution < -0.4 is 10.6 Å². The Morgan fingerprint density at radius 2 is 2.10 bits per heavy atom. The van der Waals surface area contributed by atoms with E-state index in [1.54, 1.807) is 42.6 Å².